The molecule has 2 aromatic rings. The number of rotatable bonds is 7. The molecule has 0 aliphatic heterocycles. The standard InChI is InChI=1S/C18H16N4O4/c19-11-14(12-21-15-3-5-16(6-4-15)22(25)26)18(24)20-10-9-13-1-7-17(23)8-2-13/h1-8,12,21,23H,9-10H2,(H,20,24)/b14-12-. The summed E-state index contributed by atoms with van der Waals surface area (Å²) in [6.45, 7) is 0.333. The van der Waals surface area contributed by atoms with E-state index in [9.17, 15) is 20.0 Å². The third kappa shape index (κ3) is 5.35. The van der Waals surface area contributed by atoms with Crippen LogP contribution in [0.5, 0.6) is 5.75 Å². The van der Waals surface area contributed by atoms with Crippen molar-refractivity contribution in [2.75, 3.05) is 11.9 Å². The Morgan fingerprint density at radius 3 is 2.42 bits per heavy atom. The Morgan fingerprint density at radius 1 is 1.19 bits per heavy atom. The van der Waals surface area contributed by atoms with Crippen molar-refractivity contribution in [1.29, 1.82) is 5.26 Å². The molecule has 0 radical (unpaired) electrons. The summed E-state index contributed by atoms with van der Waals surface area (Å²) >= 11 is 0. The molecule has 2 aromatic carbocycles. The number of hydrogen-bond acceptors (Lipinski definition) is 6. The predicted octanol–water partition coefficient (Wildman–Crippen LogP) is 2.48. The van der Waals surface area contributed by atoms with Gasteiger partial charge in [-0.3, -0.25) is 14.9 Å². The average molecular weight is 352 g/mol. The van der Waals surface area contributed by atoms with Crippen LogP contribution in [0.25, 0.3) is 0 Å². The van der Waals surface area contributed by atoms with Gasteiger partial charge in [0.1, 0.15) is 17.4 Å². The smallest absolute Gasteiger partial charge is 0.269 e. The number of nitrogens with zero attached hydrogens (tertiary/aromatic N) is 2. The molecule has 0 fully saturated rings. The minimum Gasteiger partial charge on any atom is -0.508 e. The molecule has 0 aliphatic carbocycles. The van der Waals surface area contributed by atoms with E-state index in [-0.39, 0.29) is 17.0 Å². The third-order valence-corrected chi connectivity index (χ3v) is 3.46. The van der Waals surface area contributed by atoms with Gasteiger partial charge in [-0.2, -0.15) is 5.26 Å². The molecule has 132 valence electrons. The summed E-state index contributed by atoms with van der Waals surface area (Å²) in [6.07, 6.45) is 1.80. The molecule has 8 heteroatoms. The lowest BCUT2D eigenvalue weighted by atomic mass is 10.1. The van der Waals surface area contributed by atoms with Gasteiger partial charge in [0.2, 0.25) is 0 Å². The Hall–Kier alpha value is -3.86. The molecule has 0 saturated heterocycles. The largest absolute Gasteiger partial charge is 0.508 e. The zero-order valence-electron chi connectivity index (χ0n) is 13.7. The monoisotopic (exact) mass is 352 g/mol. The van der Waals surface area contributed by atoms with Gasteiger partial charge in [-0.1, -0.05) is 12.1 Å². The molecule has 26 heavy (non-hydrogen) atoms. The Bertz CT molecular complexity index is 852. The fourth-order valence-electron chi connectivity index (χ4n) is 2.06. The van der Waals surface area contributed by atoms with Crippen LogP contribution in [0.2, 0.25) is 0 Å². The number of nitrogens with one attached hydrogen (secondary N) is 2. The maximum absolute atomic E-state index is 12.0. The summed E-state index contributed by atoms with van der Waals surface area (Å²) in [5, 5.41) is 34.3. The molecule has 0 aromatic heterocycles. The molecule has 3 N–H and O–H groups in total. The second kappa shape index (κ2) is 8.84. The fourth-order valence-corrected chi connectivity index (χ4v) is 2.06. The topological polar surface area (TPSA) is 128 Å². The van der Waals surface area contributed by atoms with Crippen LogP contribution >= 0.6 is 0 Å². The molecule has 0 spiro atoms. The predicted molar refractivity (Wildman–Crippen MR) is 95.2 cm³/mol. The summed E-state index contributed by atoms with van der Waals surface area (Å²) in [6, 6.07) is 14.0. The zero-order chi connectivity index (χ0) is 18.9. The Balaban J connectivity index is 1.88. The third-order valence-electron chi connectivity index (χ3n) is 3.46. The van der Waals surface area contributed by atoms with Gasteiger partial charge in [-0.25, -0.2) is 0 Å². The number of amides is 1. The summed E-state index contributed by atoms with van der Waals surface area (Å²) in [7, 11) is 0. The number of nitro groups is 1. The number of benzene rings is 2. The summed E-state index contributed by atoms with van der Waals surface area (Å²) in [4.78, 5) is 22.1. The van der Waals surface area contributed by atoms with Crippen LogP contribution < -0.4 is 10.6 Å². The molecular weight excluding hydrogens is 336 g/mol. The van der Waals surface area contributed by atoms with Crippen LogP contribution in [-0.2, 0) is 11.2 Å². The molecule has 0 heterocycles. The Kier molecular flexibility index (Phi) is 6.28. The van der Waals surface area contributed by atoms with Crippen LogP contribution in [0.15, 0.2) is 60.3 Å². The highest BCUT2D eigenvalue weighted by molar-refractivity contribution is 5.97. The molecule has 0 saturated carbocycles. The Morgan fingerprint density at radius 2 is 1.85 bits per heavy atom. The van der Waals surface area contributed by atoms with E-state index in [1.165, 1.54) is 30.5 Å². The van der Waals surface area contributed by atoms with Crippen molar-refractivity contribution in [3.05, 3.63) is 76.0 Å². The first-order valence-corrected chi connectivity index (χ1v) is 7.67. The summed E-state index contributed by atoms with van der Waals surface area (Å²) in [5.41, 5.74) is 1.29. The van der Waals surface area contributed by atoms with E-state index in [1.54, 1.807) is 30.3 Å². The maximum atomic E-state index is 12.0. The van der Waals surface area contributed by atoms with Crippen molar-refractivity contribution in [3.63, 3.8) is 0 Å². The van der Waals surface area contributed by atoms with Gasteiger partial charge in [-0.05, 0) is 36.2 Å². The van der Waals surface area contributed by atoms with Gasteiger partial charge in [0, 0.05) is 30.6 Å². The Labute approximate surface area is 149 Å². The first-order chi connectivity index (χ1) is 12.5. The normalized spacial score (nSPS) is 10.7. The highest BCUT2D eigenvalue weighted by atomic mass is 16.6. The van der Waals surface area contributed by atoms with E-state index >= 15 is 0 Å². The highest BCUT2D eigenvalue weighted by Gasteiger charge is 2.09. The van der Waals surface area contributed by atoms with Crippen LogP contribution in [0.1, 0.15) is 5.56 Å². The van der Waals surface area contributed by atoms with Crippen molar-refractivity contribution in [1.82, 2.24) is 5.32 Å². The van der Waals surface area contributed by atoms with Crippen LogP contribution in [0, 0.1) is 21.4 Å². The second-order valence-corrected chi connectivity index (χ2v) is 5.29. The number of phenols is 1. The first-order valence-electron chi connectivity index (χ1n) is 7.67. The van der Waals surface area contributed by atoms with Crippen LogP contribution in [-0.4, -0.2) is 22.5 Å². The molecule has 0 unspecified atom stereocenters. The number of hydrogen-bond donors (Lipinski definition) is 3. The number of anilines is 1. The highest BCUT2D eigenvalue weighted by Crippen LogP contribution is 2.15. The molecule has 8 nitrogen and oxygen atoms in total. The van der Waals surface area contributed by atoms with Crippen LogP contribution in [0.4, 0.5) is 11.4 Å². The minimum absolute atomic E-state index is 0.0491. The summed E-state index contributed by atoms with van der Waals surface area (Å²) in [5.74, 6) is -0.356. The number of non-ortho nitro benzene ring substituents is 1. The van der Waals surface area contributed by atoms with Gasteiger partial charge in [0.25, 0.3) is 11.6 Å². The maximum Gasteiger partial charge on any atom is 0.269 e. The lowest BCUT2D eigenvalue weighted by Gasteiger charge is -2.06. The second-order valence-electron chi connectivity index (χ2n) is 5.29. The minimum atomic E-state index is -0.527. The summed E-state index contributed by atoms with van der Waals surface area (Å²) < 4.78 is 0. The number of carbonyl (C=O) groups excluding carboxylic acids is 1. The molecule has 2 rings (SSSR count). The molecular formula is C18H16N4O4. The molecule has 0 bridgehead atoms. The lowest BCUT2D eigenvalue weighted by Crippen LogP contribution is -2.27. The van der Waals surface area contributed by atoms with E-state index in [0.717, 1.165) is 5.56 Å². The average Bonchev–Trinajstić information content (AvgIpc) is 2.64. The number of nitro benzene ring substituents is 1. The van der Waals surface area contributed by atoms with Gasteiger partial charge in [0.15, 0.2) is 0 Å². The van der Waals surface area contributed by atoms with Crippen molar-refractivity contribution >= 4 is 17.3 Å². The van der Waals surface area contributed by atoms with E-state index in [4.69, 9.17) is 5.26 Å². The zero-order valence-corrected chi connectivity index (χ0v) is 13.7. The van der Waals surface area contributed by atoms with Gasteiger partial charge >= 0.3 is 0 Å². The van der Waals surface area contributed by atoms with Gasteiger partial charge in [0.05, 0.1) is 4.92 Å². The molecule has 1 amide bonds. The van der Waals surface area contributed by atoms with Crippen molar-refractivity contribution < 1.29 is 14.8 Å². The number of carbonyl (C=O) groups is 1. The molecule has 0 atom stereocenters. The van der Waals surface area contributed by atoms with Gasteiger partial charge in [-0.15, -0.1) is 0 Å². The van der Waals surface area contributed by atoms with Crippen molar-refractivity contribution in [3.8, 4) is 11.8 Å². The number of nitriles is 1. The van der Waals surface area contributed by atoms with Crippen molar-refractivity contribution in [2.45, 2.75) is 6.42 Å². The van der Waals surface area contributed by atoms with Gasteiger partial charge < -0.3 is 15.7 Å². The quantitative estimate of drug-likeness (QED) is 0.304. The lowest BCUT2D eigenvalue weighted by molar-refractivity contribution is -0.384. The number of phenolic OH excluding ortho intramolecular Hbond substituents is 1. The van der Waals surface area contributed by atoms with E-state index in [0.29, 0.717) is 18.7 Å². The molecule has 0 aliphatic rings. The van der Waals surface area contributed by atoms with Crippen LogP contribution in [0.3, 0.4) is 0 Å². The van der Waals surface area contributed by atoms with E-state index in [1.807, 2.05) is 0 Å². The van der Waals surface area contributed by atoms with Crippen molar-refractivity contribution in [2.24, 2.45) is 0 Å². The first kappa shape index (κ1) is 18.5. The number of aromatic hydroxyl groups is 1. The fraction of sp³-hybridized carbons (Fsp3) is 0.111. The van der Waals surface area contributed by atoms with E-state index in [2.05, 4.69) is 10.6 Å². The van der Waals surface area contributed by atoms with E-state index < -0.39 is 10.8 Å². The SMILES string of the molecule is N#C/C(=C/Nc1ccc([N+](=O)[O-])cc1)C(=O)NCCc1ccc(O)cc1.